The minimum absolute atomic E-state index is 0.0258. The van der Waals surface area contributed by atoms with Gasteiger partial charge in [0.2, 0.25) is 0 Å². The Morgan fingerprint density at radius 1 is 1.16 bits per heavy atom. The summed E-state index contributed by atoms with van der Waals surface area (Å²) in [7, 11) is 0. The summed E-state index contributed by atoms with van der Waals surface area (Å²) in [5, 5.41) is 3.01. The Morgan fingerprint density at radius 2 is 1.96 bits per heavy atom. The molecule has 2 aromatic rings. The van der Waals surface area contributed by atoms with Crippen molar-refractivity contribution in [1.29, 1.82) is 0 Å². The van der Waals surface area contributed by atoms with Gasteiger partial charge in [-0.1, -0.05) is 18.2 Å². The summed E-state index contributed by atoms with van der Waals surface area (Å²) in [5.74, 6) is 0.768. The zero-order valence-corrected chi connectivity index (χ0v) is 14.8. The molecule has 3 rings (SSSR count). The normalized spacial score (nSPS) is 13.2. The van der Waals surface area contributed by atoms with Gasteiger partial charge in [-0.15, -0.1) is 0 Å². The molecule has 0 aromatic heterocycles. The van der Waals surface area contributed by atoms with Gasteiger partial charge in [-0.05, 0) is 62.1 Å². The van der Waals surface area contributed by atoms with Crippen molar-refractivity contribution in [3.05, 3.63) is 59.7 Å². The van der Waals surface area contributed by atoms with Crippen LogP contribution in [-0.2, 0) is 6.42 Å². The van der Waals surface area contributed by atoms with Crippen LogP contribution in [0.25, 0.3) is 0 Å². The van der Waals surface area contributed by atoms with Crippen molar-refractivity contribution < 1.29 is 9.53 Å². The summed E-state index contributed by atoms with van der Waals surface area (Å²) in [6.45, 7) is 5.33. The number of anilines is 1. The lowest BCUT2D eigenvalue weighted by atomic mass is 10.0. The highest BCUT2D eigenvalue weighted by atomic mass is 16.5. The van der Waals surface area contributed by atoms with Gasteiger partial charge in [0.05, 0.1) is 6.61 Å². The lowest BCUT2D eigenvalue weighted by Crippen LogP contribution is -2.33. The molecule has 132 valence electrons. The molecule has 0 spiro atoms. The van der Waals surface area contributed by atoms with Crippen LogP contribution in [0, 0.1) is 0 Å². The second-order valence-corrected chi connectivity index (χ2v) is 6.29. The average Bonchev–Trinajstić information content (AvgIpc) is 2.66. The minimum Gasteiger partial charge on any atom is -0.494 e. The van der Waals surface area contributed by atoms with E-state index in [1.54, 1.807) is 12.1 Å². The fourth-order valence-electron chi connectivity index (χ4n) is 3.29. The van der Waals surface area contributed by atoms with E-state index < -0.39 is 0 Å². The van der Waals surface area contributed by atoms with Gasteiger partial charge in [0.25, 0.3) is 5.91 Å². The van der Waals surface area contributed by atoms with Crippen molar-refractivity contribution in [2.75, 3.05) is 31.1 Å². The molecule has 4 heteroatoms. The third kappa shape index (κ3) is 4.53. The molecule has 25 heavy (non-hydrogen) atoms. The van der Waals surface area contributed by atoms with Gasteiger partial charge in [-0.2, -0.15) is 0 Å². The Labute approximate surface area is 149 Å². The van der Waals surface area contributed by atoms with Crippen LogP contribution in [0.3, 0.4) is 0 Å². The standard InChI is InChI=1S/C21H26N2O2/c1-2-25-19-12-10-18(11-13-19)21(24)22-14-6-16-23-15-5-8-17-7-3-4-9-20(17)23/h3-4,7,9-13H,2,5-6,8,14-16H2,1H3,(H,22,24). The molecule has 0 fully saturated rings. The minimum atomic E-state index is -0.0258. The number of hydrogen-bond acceptors (Lipinski definition) is 3. The number of carbonyl (C=O) groups is 1. The lowest BCUT2D eigenvalue weighted by Gasteiger charge is -2.31. The molecule has 1 N–H and O–H groups in total. The molecular formula is C21H26N2O2. The van der Waals surface area contributed by atoms with E-state index in [-0.39, 0.29) is 5.91 Å². The Bertz CT molecular complexity index is 697. The average molecular weight is 338 g/mol. The molecule has 0 saturated heterocycles. The number of ether oxygens (including phenoxy) is 1. The summed E-state index contributed by atoms with van der Waals surface area (Å²) in [5.41, 5.74) is 3.46. The smallest absolute Gasteiger partial charge is 0.251 e. The van der Waals surface area contributed by atoms with Gasteiger partial charge in [0, 0.05) is 30.9 Å². The third-order valence-corrected chi connectivity index (χ3v) is 4.52. The molecule has 1 amide bonds. The number of nitrogens with one attached hydrogen (secondary N) is 1. The fraction of sp³-hybridized carbons (Fsp3) is 0.381. The van der Waals surface area contributed by atoms with Crippen molar-refractivity contribution in [3.8, 4) is 5.75 Å². The number of rotatable bonds is 7. The van der Waals surface area contributed by atoms with E-state index in [4.69, 9.17) is 4.74 Å². The van der Waals surface area contributed by atoms with Gasteiger partial charge >= 0.3 is 0 Å². The molecule has 0 aliphatic carbocycles. The van der Waals surface area contributed by atoms with Crippen LogP contribution in [0.15, 0.2) is 48.5 Å². The second kappa shape index (κ2) is 8.56. The van der Waals surface area contributed by atoms with Gasteiger partial charge < -0.3 is 15.0 Å². The van der Waals surface area contributed by atoms with Crippen LogP contribution >= 0.6 is 0 Å². The van der Waals surface area contributed by atoms with Crippen LogP contribution in [0.5, 0.6) is 5.75 Å². The van der Waals surface area contributed by atoms with Gasteiger partial charge in [-0.25, -0.2) is 0 Å². The van der Waals surface area contributed by atoms with Gasteiger partial charge in [0.1, 0.15) is 5.75 Å². The first-order chi connectivity index (χ1) is 12.3. The number of para-hydroxylation sites is 1. The molecule has 0 atom stereocenters. The van der Waals surface area contributed by atoms with Gasteiger partial charge in [0.15, 0.2) is 0 Å². The summed E-state index contributed by atoms with van der Waals surface area (Å²) in [4.78, 5) is 14.6. The molecule has 0 unspecified atom stereocenters. The van der Waals surface area contributed by atoms with E-state index in [0.29, 0.717) is 18.7 Å². The number of aryl methyl sites for hydroxylation is 1. The maximum atomic E-state index is 12.2. The number of nitrogens with zero attached hydrogens (tertiary/aromatic N) is 1. The fourth-order valence-corrected chi connectivity index (χ4v) is 3.29. The van der Waals surface area contributed by atoms with Crippen LogP contribution < -0.4 is 15.0 Å². The van der Waals surface area contributed by atoms with Crippen molar-refractivity contribution >= 4 is 11.6 Å². The van der Waals surface area contributed by atoms with E-state index in [1.165, 1.54) is 24.1 Å². The summed E-state index contributed by atoms with van der Waals surface area (Å²) >= 11 is 0. The Morgan fingerprint density at radius 3 is 2.76 bits per heavy atom. The predicted octanol–water partition coefficient (Wildman–Crippen LogP) is 3.66. The molecule has 2 aromatic carbocycles. The Kier molecular flexibility index (Phi) is 5.94. The van der Waals surface area contributed by atoms with Crippen molar-refractivity contribution in [2.24, 2.45) is 0 Å². The quantitative estimate of drug-likeness (QED) is 0.784. The molecule has 0 saturated carbocycles. The van der Waals surface area contributed by atoms with Crippen molar-refractivity contribution in [2.45, 2.75) is 26.2 Å². The molecule has 0 radical (unpaired) electrons. The second-order valence-electron chi connectivity index (χ2n) is 6.29. The first-order valence-electron chi connectivity index (χ1n) is 9.12. The number of amides is 1. The molecule has 1 aliphatic heterocycles. The number of carbonyl (C=O) groups excluding carboxylic acids is 1. The highest BCUT2D eigenvalue weighted by Crippen LogP contribution is 2.26. The monoisotopic (exact) mass is 338 g/mol. The van der Waals surface area contributed by atoms with Gasteiger partial charge in [-0.3, -0.25) is 4.79 Å². The highest BCUT2D eigenvalue weighted by molar-refractivity contribution is 5.94. The van der Waals surface area contributed by atoms with Crippen molar-refractivity contribution in [1.82, 2.24) is 5.32 Å². The van der Waals surface area contributed by atoms with Crippen LogP contribution in [-0.4, -0.2) is 32.1 Å². The van der Waals surface area contributed by atoms with Crippen LogP contribution in [0.1, 0.15) is 35.7 Å². The SMILES string of the molecule is CCOc1ccc(C(=O)NCCCN2CCCc3ccccc32)cc1. The Balaban J connectivity index is 1.45. The zero-order valence-electron chi connectivity index (χ0n) is 14.8. The first kappa shape index (κ1) is 17.3. The topological polar surface area (TPSA) is 41.6 Å². The molecule has 0 bridgehead atoms. The summed E-state index contributed by atoms with van der Waals surface area (Å²) < 4.78 is 5.40. The molecular weight excluding hydrogens is 312 g/mol. The molecule has 1 heterocycles. The Hall–Kier alpha value is -2.49. The maximum Gasteiger partial charge on any atom is 0.251 e. The van der Waals surface area contributed by atoms with Crippen molar-refractivity contribution in [3.63, 3.8) is 0 Å². The predicted molar refractivity (Wildman–Crippen MR) is 102 cm³/mol. The number of benzene rings is 2. The van der Waals surface area contributed by atoms with Crippen LogP contribution in [0.4, 0.5) is 5.69 Å². The third-order valence-electron chi connectivity index (χ3n) is 4.52. The van der Waals surface area contributed by atoms with E-state index >= 15 is 0 Å². The molecule has 1 aliphatic rings. The zero-order chi connectivity index (χ0) is 17.5. The van der Waals surface area contributed by atoms with E-state index in [1.807, 2.05) is 19.1 Å². The first-order valence-corrected chi connectivity index (χ1v) is 9.12. The number of hydrogen-bond donors (Lipinski definition) is 1. The van der Waals surface area contributed by atoms with Crippen LogP contribution in [0.2, 0.25) is 0 Å². The molecule has 4 nitrogen and oxygen atoms in total. The lowest BCUT2D eigenvalue weighted by molar-refractivity contribution is 0.0953. The van der Waals surface area contributed by atoms with E-state index in [0.717, 1.165) is 25.3 Å². The summed E-state index contributed by atoms with van der Waals surface area (Å²) in [6, 6.07) is 15.9. The largest absolute Gasteiger partial charge is 0.494 e. The highest BCUT2D eigenvalue weighted by Gasteiger charge is 2.15. The summed E-state index contributed by atoms with van der Waals surface area (Å²) in [6.07, 6.45) is 3.31. The van der Waals surface area contributed by atoms with E-state index in [9.17, 15) is 4.79 Å². The maximum absolute atomic E-state index is 12.2. The number of fused-ring (bicyclic) bond motifs is 1. The van der Waals surface area contributed by atoms with E-state index in [2.05, 4.69) is 34.5 Å².